The van der Waals surface area contributed by atoms with Crippen LogP contribution < -0.4 is 0 Å². The number of nitrogens with zero attached hydrogens (tertiary/aromatic N) is 1. The van der Waals surface area contributed by atoms with E-state index in [0.29, 0.717) is 28.6 Å². The predicted octanol–water partition coefficient (Wildman–Crippen LogP) is 3.63. The second kappa shape index (κ2) is 6.01. The maximum absolute atomic E-state index is 10.0. The zero-order valence-electron chi connectivity index (χ0n) is 10.2. The van der Waals surface area contributed by atoms with Crippen LogP contribution in [0.25, 0.3) is 0 Å². The number of halogens is 2. The van der Waals surface area contributed by atoms with E-state index in [1.165, 1.54) is 6.20 Å². The Kier molecular flexibility index (Phi) is 5.20. The average Bonchev–Trinajstić information content (AvgIpc) is 2.26. The highest BCUT2D eigenvalue weighted by Gasteiger charge is 2.21. The van der Waals surface area contributed by atoms with E-state index in [4.69, 9.17) is 27.9 Å². The molecule has 1 atom stereocenters. The summed E-state index contributed by atoms with van der Waals surface area (Å²) < 4.78 is 5.29. The van der Waals surface area contributed by atoms with Crippen molar-refractivity contribution in [2.75, 3.05) is 7.11 Å². The van der Waals surface area contributed by atoms with E-state index in [2.05, 4.69) is 4.98 Å². The summed E-state index contributed by atoms with van der Waals surface area (Å²) in [5.74, 6) is 0. The average molecular weight is 278 g/mol. The number of aliphatic hydroxyl groups excluding tert-OH is 1. The molecule has 0 radical (unpaired) electrons. The molecule has 1 heterocycles. The van der Waals surface area contributed by atoms with Crippen LogP contribution in [0.2, 0.25) is 10.0 Å². The molecule has 0 saturated heterocycles. The van der Waals surface area contributed by atoms with Crippen LogP contribution in [0.1, 0.15) is 38.5 Å². The van der Waals surface area contributed by atoms with E-state index in [1.807, 2.05) is 13.8 Å². The Labute approximate surface area is 112 Å². The second-order valence-corrected chi connectivity index (χ2v) is 5.38. The summed E-state index contributed by atoms with van der Waals surface area (Å²) in [6.45, 7) is 3.94. The molecule has 0 fully saturated rings. The quantitative estimate of drug-likeness (QED) is 0.894. The minimum absolute atomic E-state index is 0.264. The molecule has 0 bridgehead atoms. The third-order valence-electron chi connectivity index (χ3n) is 2.72. The zero-order valence-corrected chi connectivity index (χ0v) is 11.7. The fourth-order valence-corrected chi connectivity index (χ4v) is 1.90. The Morgan fingerprint density at radius 1 is 1.47 bits per heavy atom. The smallest absolute Gasteiger partial charge is 0.0976 e. The summed E-state index contributed by atoms with van der Waals surface area (Å²) in [5.41, 5.74) is 0.197. The summed E-state index contributed by atoms with van der Waals surface area (Å²) in [4.78, 5) is 4.05. The first-order chi connectivity index (χ1) is 7.85. The third kappa shape index (κ3) is 4.43. The van der Waals surface area contributed by atoms with Gasteiger partial charge in [0.1, 0.15) is 0 Å². The molecule has 3 nitrogen and oxygen atoms in total. The molecule has 0 aromatic carbocycles. The summed E-state index contributed by atoms with van der Waals surface area (Å²) in [5, 5.41) is 10.9. The number of pyridine rings is 1. The SMILES string of the molecule is COC(C)(C)CCC(O)c1ncc(Cl)cc1Cl. The van der Waals surface area contributed by atoms with E-state index >= 15 is 0 Å². The number of rotatable bonds is 5. The maximum Gasteiger partial charge on any atom is 0.0976 e. The highest BCUT2D eigenvalue weighted by Crippen LogP contribution is 2.28. The third-order valence-corrected chi connectivity index (χ3v) is 3.23. The standard InChI is InChI=1S/C12H17Cl2NO2/c1-12(2,17-3)5-4-10(16)11-9(14)6-8(13)7-15-11/h6-7,10,16H,4-5H2,1-3H3. The Balaban J connectivity index is 2.67. The van der Waals surface area contributed by atoms with Crippen LogP contribution in [0, 0.1) is 0 Å². The van der Waals surface area contributed by atoms with Crippen LogP contribution in [-0.4, -0.2) is 22.8 Å². The van der Waals surface area contributed by atoms with Gasteiger partial charge in [-0.3, -0.25) is 4.98 Å². The largest absolute Gasteiger partial charge is 0.387 e. The number of ether oxygens (including phenoxy) is 1. The van der Waals surface area contributed by atoms with Crippen molar-refractivity contribution in [3.8, 4) is 0 Å². The van der Waals surface area contributed by atoms with E-state index in [-0.39, 0.29) is 5.60 Å². The molecule has 1 rings (SSSR count). The van der Waals surface area contributed by atoms with E-state index in [1.54, 1.807) is 13.2 Å². The molecular formula is C12H17Cl2NO2. The van der Waals surface area contributed by atoms with Gasteiger partial charge in [0.05, 0.1) is 27.4 Å². The monoisotopic (exact) mass is 277 g/mol. The fraction of sp³-hybridized carbons (Fsp3) is 0.583. The molecule has 0 aliphatic rings. The van der Waals surface area contributed by atoms with Crippen molar-refractivity contribution in [2.24, 2.45) is 0 Å². The summed E-state index contributed by atoms with van der Waals surface area (Å²) >= 11 is 11.7. The highest BCUT2D eigenvalue weighted by molar-refractivity contribution is 6.34. The first-order valence-electron chi connectivity index (χ1n) is 5.40. The van der Waals surface area contributed by atoms with Crippen LogP contribution >= 0.6 is 23.2 Å². The van der Waals surface area contributed by atoms with Crippen molar-refractivity contribution >= 4 is 23.2 Å². The van der Waals surface area contributed by atoms with Crippen molar-refractivity contribution in [3.63, 3.8) is 0 Å². The van der Waals surface area contributed by atoms with Gasteiger partial charge in [0, 0.05) is 13.3 Å². The minimum atomic E-state index is -0.700. The maximum atomic E-state index is 10.0. The molecule has 0 aliphatic carbocycles. The van der Waals surface area contributed by atoms with Crippen LogP contribution in [0.3, 0.4) is 0 Å². The molecule has 1 N–H and O–H groups in total. The van der Waals surface area contributed by atoms with Crippen molar-refractivity contribution in [1.29, 1.82) is 0 Å². The molecule has 0 saturated carbocycles. The van der Waals surface area contributed by atoms with Crippen molar-refractivity contribution in [1.82, 2.24) is 4.98 Å². The van der Waals surface area contributed by atoms with Gasteiger partial charge in [0.15, 0.2) is 0 Å². The summed E-state index contributed by atoms with van der Waals surface area (Å²) in [6, 6.07) is 1.58. The Bertz CT molecular complexity index is 383. The van der Waals surface area contributed by atoms with Gasteiger partial charge in [-0.25, -0.2) is 0 Å². The van der Waals surface area contributed by atoms with Crippen molar-refractivity contribution in [2.45, 2.75) is 38.4 Å². The first-order valence-corrected chi connectivity index (χ1v) is 6.15. The molecule has 0 spiro atoms. The van der Waals surface area contributed by atoms with Gasteiger partial charge in [-0.05, 0) is 32.8 Å². The Hall–Kier alpha value is -0.350. The van der Waals surface area contributed by atoms with Crippen LogP contribution in [0.15, 0.2) is 12.3 Å². The van der Waals surface area contributed by atoms with Gasteiger partial charge in [-0.15, -0.1) is 0 Å². The Morgan fingerprint density at radius 3 is 2.65 bits per heavy atom. The van der Waals surface area contributed by atoms with E-state index < -0.39 is 6.10 Å². The molecule has 0 amide bonds. The van der Waals surface area contributed by atoms with E-state index in [0.717, 1.165) is 0 Å². The lowest BCUT2D eigenvalue weighted by atomic mass is 9.98. The van der Waals surface area contributed by atoms with Crippen molar-refractivity contribution in [3.05, 3.63) is 28.0 Å². The minimum Gasteiger partial charge on any atom is -0.387 e. The van der Waals surface area contributed by atoms with Gasteiger partial charge in [-0.1, -0.05) is 23.2 Å². The molecule has 0 aliphatic heterocycles. The number of methoxy groups -OCH3 is 1. The molecule has 1 unspecified atom stereocenters. The van der Waals surface area contributed by atoms with Crippen molar-refractivity contribution < 1.29 is 9.84 Å². The lowest BCUT2D eigenvalue weighted by Crippen LogP contribution is -2.23. The first kappa shape index (κ1) is 14.7. The fourth-order valence-electron chi connectivity index (χ4n) is 1.39. The Morgan fingerprint density at radius 2 is 2.12 bits per heavy atom. The predicted molar refractivity (Wildman–Crippen MR) is 69.5 cm³/mol. The molecule has 17 heavy (non-hydrogen) atoms. The summed E-state index contributed by atoms with van der Waals surface area (Å²) in [6.07, 6.45) is 2.03. The van der Waals surface area contributed by atoms with E-state index in [9.17, 15) is 5.11 Å². The van der Waals surface area contributed by atoms with Gasteiger partial charge in [0.25, 0.3) is 0 Å². The lowest BCUT2D eigenvalue weighted by molar-refractivity contribution is 0.00242. The lowest BCUT2D eigenvalue weighted by Gasteiger charge is -2.24. The second-order valence-electron chi connectivity index (χ2n) is 4.54. The molecule has 5 heteroatoms. The van der Waals surface area contributed by atoms with Gasteiger partial charge in [0.2, 0.25) is 0 Å². The van der Waals surface area contributed by atoms with Crippen LogP contribution in [0.4, 0.5) is 0 Å². The molecule has 1 aromatic rings. The zero-order chi connectivity index (χ0) is 13.1. The van der Waals surface area contributed by atoms with Crippen LogP contribution in [0.5, 0.6) is 0 Å². The molecule has 1 aromatic heterocycles. The summed E-state index contributed by atoms with van der Waals surface area (Å²) in [7, 11) is 1.65. The number of hydrogen-bond donors (Lipinski definition) is 1. The molecular weight excluding hydrogens is 261 g/mol. The topological polar surface area (TPSA) is 42.4 Å². The number of aromatic nitrogens is 1. The van der Waals surface area contributed by atoms with Gasteiger partial charge < -0.3 is 9.84 Å². The van der Waals surface area contributed by atoms with Crippen LogP contribution in [-0.2, 0) is 4.74 Å². The van der Waals surface area contributed by atoms with Gasteiger partial charge in [-0.2, -0.15) is 0 Å². The number of hydrogen-bond acceptors (Lipinski definition) is 3. The molecule has 96 valence electrons. The van der Waals surface area contributed by atoms with Gasteiger partial charge >= 0.3 is 0 Å². The highest BCUT2D eigenvalue weighted by atomic mass is 35.5. The number of aliphatic hydroxyl groups is 1. The normalized spacial score (nSPS) is 13.8.